The van der Waals surface area contributed by atoms with Crippen LogP contribution >= 0.6 is 0 Å². The van der Waals surface area contributed by atoms with Gasteiger partial charge in [-0.3, -0.25) is 0 Å². The van der Waals surface area contributed by atoms with Gasteiger partial charge in [-0.15, -0.1) is 0 Å². The monoisotopic (exact) mass is 275 g/mol. The van der Waals surface area contributed by atoms with Gasteiger partial charge in [0.2, 0.25) is 0 Å². The summed E-state index contributed by atoms with van der Waals surface area (Å²) >= 11 is 0. The van der Waals surface area contributed by atoms with E-state index in [1.165, 1.54) is 24.8 Å². The Kier molecular flexibility index (Phi) is 6.06. The molecule has 20 heavy (non-hydrogen) atoms. The number of ether oxygens (including phenoxy) is 1. The van der Waals surface area contributed by atoms with E-state index in [4.69, 9.17) is 4.74 Å². The molecular weight excluding hydrogens is 246 g/mol. The van der Waals surface area contributed by atoms with E-state index in [2.05, 4.69) is 49.5 Å². The highest BCUT2D eigenvalue weighted by atomic mass is 16.5. The Morgan fingerprint density at radius 1 is 1.10 bits per heavy atom. The van der Waals surface area contributed by atoms with Crippen LogP contribution in [-0.4, -0.2) is 25.8 Å². The lowest BCUT2D eigenvalue weighted by Crippen LogP contribution is -2.51. The molecule has 1 aromatic rings. The van der Waals surface area contributed by atoms with Crippen LogP contribution in [0.25, 0.3) is 0 Å². The van der Waals surface area contributed by atoms with Crippen molar-refractivity contribution in [1.82, 2.24) is 5.32 Å². The van der Waals surface area contributed by atoms with Crippen LogP contribution in [0.1, 0.15) is 51.5 Å². The zero-order chi connectivity index (χ0) is 14.3. The average molecular weight is 275 g/mol. The summed E-state index contributed by atoms with van der Waals surface area (Å²) in [6, 6.07) is 11.7. The zero-order valence-corrected chi connectivity index (χ0v) is 13.0. The molecule has 112 valence electrons. The Morgan fingerprint density at radius 3 is 2.40 bits per heavy atom. The molecule has 0 aliphatic carbocycles. The zero-order valence-electron chi connectivity index (χ0n) is 13.0. The van der Waals surface area contributed by atoms with Gasteiger partial charge in [0, 0.05) is 24.7 Å². The van der Waals surface area contributed by atoms with Crippen molar-refractivity contribution in [3.05, 3.63) is 35.9 Å². The lowest BCUT2D eigenvalue weighted by Gasteiger charge is -2.44. The van der Waals surface area contributed by atoms with Crippen LogP contribution in [0.4, 0.5) is 0 Å². The van der Waals surface area contributed by atoms with Gasteiger partial charge in [0.1, 0.15) is 0 Å². The maximum absolute atomic E-state index is 5.65. The number of benzene rings is 1. The van der Waals surface area contributed by atoms with Crippen molar-refractivity contribution in [2.24, 2.45) is 0 Å². The Morgan fingerprint density at radius 2 is 1.80 bits per heavy atom. The van der Waals surface area contributed by atoms with Crippen molar-refractivity contribution >= 4 is 0 Å². The summed E-state index contributed by atoms with van der Waals surface area (Å²) in [6.07, 6.45) is 5.95. The van der Waals surface area contributed by atoms with E-state index in [-0.39, 0.29) is 5.41 Å². The molecule has 1 fully saturated rings. The summed E-state index contributed by atoms with van der Waals surface area (Å²) in [4.78, 5) is 0. The van der Waals surface area contributed by atoms with Crippen molar-refractivity contribution in [2.75, 3.05) is 19.8 Å². The van der Waals surface area contributed by atoms with E-state index >= 15 is 0 Å². The van der Waals surface area contributed by atoms with Gasteiger partial charge in [0.15, 0.2) is 0 Å². The van der Waals surface area contributed by atoms with Crippen LogP contribution in [0.15, 0.2) is 30.3 Å². The normalized spacial score (nSPS) is 19.7. The fraction of sp³-hybridized carbons (Fsp3) is 0.667. The number of nitrogens with one attached hydrogen (secondary N) is 1. The van der Waals surface area contributed by atoms with Gasteiger partial charge >= 0.3 is 0 Å². The first kappa shape index (κ1) is 15.5. The van der Waals surface area contributed by atoms with Gasteiger partial charge in [-0.2, -0.15) is 0 Å². The van der Waals surface area contributed by atoms with Crippen molar-refractivity contribution in [3.8, 4) is 0 Å². The lowest BCUT2D eigenvalue weighted by molar-refractivity contribution is 0.0328. The summed E-state index contributed by atoms with van der Waals surface area (Å²) in [5, 5.41) is 3.82. The number of hydrogen-bond donors (Lipinski definition) is 1. The Balaban J connectivity index is 2.28. The summed E-state index contributed by atoms with van der Waals surface area (Å²) < 4.78 is 5.65. The van der Waals surface area contributed by atoms with E-state index in [1.807, 2.05) is 0 Å². The fourth-order valence-electron chi connectivity index (χ4n) is 3.53. The highest BCUT2D eigenvalue weighted by Crippen LogP contribution is 2.39. The topological polar surface area (TPSA) is 21.3 Å². The molecule has 1 aliphatic heterocycles. The molecule has 1 aromatic carbocycles. The predicted molar refractivity (Wildman–Crippen MR) is 85.2 cm³/mol. The molecule has 0 radical (unpaired) electrons. The summed E-state index contributed by atoms with van der Waals surface area (Å²) in [7, 11) is 0. The molecule has 0 saturated carbocycles. The molecule has 1 saturated heterocycles. The highest BCUT2D eigenvalue weighted by Gasteiger charge is 2.40. The Labute approximate surface area is 123 Å². The van der Waals surface area contributed by atoms with E-state index in [1.54, 1.807) is 0 Å². The van der Waals surface area contributed by atoms with Crippen LogP contribution in [0.5, 0.6) is 0 Å². The van der Waals surface area contributed by atoms with Crippen molar-refractivity contribution in [1.29, 1.82) is 0 Å². The SMILES string of the molecule is CCCNC(CCC)C1(c2ccccc2)CCOCC1. The molecule has 0 spiro atoms. The third-order valence-corrected chi connectivity index (χ3v) is 4.62. The minimum atomic E-state index is 0.255. The number of hydrogen-bond acceptors (Lipinski definition) is 2. The molecule has 2 heteroatoms. The molecule has 0 aromatic heterocycles. The van der Waals surface area contributed by atoms with Crippen LogP contribution in [0, 0.1) is 0 Å². The van der Waals surface area contributed by atoms with Crippen molar-refractivity contribution in [2.45, 2.75) is 57.4 Å². The summed E-state index contributed by atoms with van der Waals surface area (Å²) in [5.41, 5.74) is 1.75. The molecule has 1 unspecified atom stereocenters. The first-order chi connectivity index (χ1) is 9.83. The molecule has 1 atom stereocenters. The average Bonchev–Trinajstić information content (AvgIpc) is 2.53. The lowest BCUT2D eigenvalue weighted by atomic mass is 9.67. The quantitative estimate of drug-likeness (QED) is 0.815. The van der Waals surface area contributed by atoms with Gasteiger partial charge in [-0.05, 0) is 37.8 Å². The van der Waals surface area contributed by atoms with Crippen LogP contribution in [0.3, 0.4) is 0 Å². The highest BCUT2D eigenvalue weighted by molar-refractivity contribution is 5.28. The standard InChI is InChI=1S/C18H29NO/c1-3-8-17(19-13-4-2)18(11-14-20-15-12-18)16-9-6-5-7-10-16/h5-7,9-10,17,19H,3-4,8,11-15H2,1-2H3. The third-order valence-electron chi connectivity index (χ3n) is 4.62. The van der Waals surface area contributed by atoms with Crippen LogP contribution in [-0.2, 0) is 10.2 Å². The Bertz CT molecular complexity index is 370. The summed E-state index contributed by atoms with van der Waals surface area (Å²) in [6.45, 7) is 7.43. The summed E-state index contributed by atoms with van der Waals surface area (Å²) in [5.74, 6) is 0. The van der Waals surface area contributed by atoms with E-state index in [9.17, 15) is 0 Å². The van der Waals surface area contributed by atoms with Gasteiger partial charge in [-0.25, -0.2) is 0 Å². The smallest absolute Gasteiger partial charge is 0.0475 e. The molecule has 0 amide bonds. The fourth-order valence-corrected chi connectivity index (χ4v) is 3.53. The number of rotatable bonds is 7. The molecule has 1 aliphatic rings. The second-order valence-corrected chi connectivity index (χ2v) is 5.93. The van der Waals surface area contributed by atoms with E-state index in [0.29, 0.717) is 6.04 Å². The third kappa shape index (κ3) is 3.42. The largest absolute Gasteiger partial charge is 0.381 e. The van der Waals surface area contributed by atoms with Crippen molar-refractivity contribution in [3.63, 3.8) is 0 Å². The van der Waals surface area contributed by atoms with Gasteiger partial charge in [-0.1, -0.05) is 50.6 Å². The van der Waals surface area contributed by atoms with Crippen LogP contribution in [0.2, 0.25) is 0 Å². The molecule has 1 heterocycles. The van der Waals surface area contributed by atoms with E-state index in [0.717, 1.165) is 32.6 Å². The minimum absolute atomic E-state index is 0.255. The van der Waals surface area contributed by atoms with Crippen LogP contribution < -0.4 is 5.32 Å². The first-order valence-electron chi connectivity index (χ1n) is 8.20. The molecular formula is C18H29NO. The molecule has 1 N–H and O–H groups in total. The minimum Gasteiger partial charge on any atom is -0.381 e. The maximum Gasteiger partial charge on any atom is 0.0475 e. The molecule has 0 bridgehead atoms. The molecule has 2 nitrogen and oxygen atoms in total. The second kappa shape index (κ2) is 7.80. The van der Waals surface area contributed by atoms with Gasteiger partial charge in [0.25, 0.3) is 0 Å². The second-order valence-electron chi connectivity index (χ2n) is 5.93. The molecule has 2 rings (SSSR count). The van der Waals surface area contributed by atoms with E-state index < -0.39 is 0 Å². The van der Waals surface area contributed by atoms with Gasteiger partial charge in [0.05, 0.1) is 0 Å². The van der Waals surface area contributed by atoms with Gasteiger partial charge < -0.3 is 10.1 Å². The maximum atomic E-state index is 5.65. The predicted octanol–water partition coefficient (Wildman–Crippen LogP) is 3.90. The first-order valence-corrected chi connectivity index (χ1v) is 8.20. The Hall–Kier alpha value is -0.860. The van der Waals surface area contributed by atoms with Crippen molar-refractivity contribution < 1.29 is 4.74 Å².